The van der Waals surface area contributed by atoms with Gasteiger partial charge in [-0.15, -0.1) is 40.8 Å². The third-order valence-electron chi connectivity index (χ3n) is 3.75. The topological polar surface area (TPSA) is 129 Å². The molecule has 0 saturated carbocycles. The van der Waals surface area contributed by atoms with Gasteiger partial charge in [0.05, 0.1) is 0 Å². The van der Waals surface area contributed by atoms with Gasteiger partial charge in [0.2, 0.25) is 11.8 Å². The fraction of sp³-hybridized carbons (Fsp3) is 0. The lowest BCUT2D eigenvalue weighted by Gasteiger charge is -1.94. The molecule has 10 nitrogen and oxygen atoms in total. The van der Waals surface area contributed by atoms with Crippen LogP contribution >= 0.6 is 0 Å². The molecule has 2 aromatic carbocycles. The zero-order valence-electron chi connectivity index (χ0n) is 14.2. The van der Waals surface area contributed by atoms with Crippen LogP contribution in [0.1, 0.15) is 0 Å². The van der Waals surface area contributed by atoms with E-state index in [1.54, 1.807) is 0 Å². The summed E-state index contributed by atoms with van der Waals surface area (Å²) in [7, 11) is 0. The summed E-state index contributed by atoms with van der Waals surface area (Å²) in [5.41, 5.74) is 1.58. The molecule has 0 saturated heterocycles. The third-order valence-corrected chi connectivity index (χ3v) is 3.75. The van der Waals surface area contributed by atoms with Crippen molar-refractivity contribution in [1.82, 2.24) is 40.8 Å². The maximum atomic E-state index is 5.58. The van der Waals surface area contributed by atoms with E-state index in [2.05, 4.69) is 40.8 Å². The van der Waals surface area contributed by atoms with E-state index in [0.29, 0.717) is 11.8 Å². The van der Waals surface area contributed by atoms with Gasteiger partial charge in [-0.2, -0.15) is 0 Å². The molecule has 0 aliphatic rings. The Hall–Kier alpha value is -4.34. The number of hydrogen-bond acceptors (Lipinski definition) is 10. The average Bonchev–Trinajstić information content (AvgIpc) is 3.46. The Morgan fingerprint density at radius 2 is 0.750 bits per heavy atom. The standard InChI is InChI=1S/C18H10N8O2/c1-3-7-11(8-4-1)15-23-25-17(27-15)13-19-21-14(22-20-13)18-26-24-16(28-18)12-9-5-2-6-10-12/h1-10H. The van der Waals surface area contributed by atoms with Crippen LogP contribution in [0.2, 0.25) is 0 Å². The molecule has 0 unspecified atom stereocenters. The summed E-state index contributed by atoms with van der Waals surface area (Å²) in [6.07, 6.45) is 0. The maximum Gasteiger partial charge on any atom is 0.289 e. The Kier molecular flexibility index (Phi) is 3.83. The Balaban J connectivity index is 1.40. The zero-order chi connectivity index (χ0) is 18.8. The second kappa shape index (κ2) is 6.76. The van der Waals surface area contributed by atoms with Gasteiger partial charge < -0.3 is 8.83 Å². The lowest BCUT2D eigenvalue weighted by Crippen LogP contribution is -1.99. The highest BCUT2D eigenvalue weighted by Crippen LogP contribution is 2.23. The van der Waals surface area contributed by atoms with Crippen LogP contribution in [0.15, 0.2) is 69.5 Å². The van der Waals surface area contributed by atoms with Crippen LogP contribution in [-0.2, 0) is 0 Å². The first-order chi connectivity index (χ1) is 13.9. The van der Waals surface area contributed by atoms with Gasteiger partial charge in [0, 0.05) is 11.1 Å². The number of nitrogens with zero attached hydrogens (tertiary/aromatic N) is 8. The van der Waals surface area contributed by atoms with Crippen LogP contribution in [0, 0.1) is 0 Å². The summed E-state index contributed by atoms with van der Waals surface area (Å²) < 4.78 is 11.2. The smallest absolute Gasteiger partial charge is 0.289 e. The van der Waals surface area contributed by atoms with Crippen LogP contribution < -0.4 is 0 Å². The second-order valence-electron chi connectivity index (χ2n) is 5.60. The lowest BCUT2D eigenvalue weighted by molar-refractivity contribution is 0.566. The minimum atomic E-state index is 0.0984. The van der Waals surface area contributed by atoms with Gasteiger partial charge in [0.25, 0.3) is 23.4 Å². The van der Waals surface area contributed by atoms with E-state index >= 15 is 0 Å². The second-order valence-corrected chi connectivity index (χ2v) is 5.60. The molecule has 5 rings (SSSR count). The molecule has 0 N–H and O–H groups in total. The van der Waals surface area contributed by atoms with Crippen molar-refractivity contribution < 1.29 is 8.83 Å². The van der Waals surface area contributed by atoms with Crippen LogP contribution in [-0.4, -0.2) is 40.8 Å². The molecule has 3 heterocycles. The molecule has 3 aromatic heterocycles. The number of benzene rings is 2. The van der Waals surface area contributed by atoms with E-state index in [-0.39, 0.29) is 23.4 Å². The highest BCUT2D eigenvalue weighted by atomic mass is 16.4. The summed E-state index contributed by atoms with van der Waals surface area (Å²) in [6, 6.07) is 18.7. The summed E-state index contributed by atoms with van der Waals surface area (Å²) in [5, 5.41) is 31.7. The van der Waals surface area contributed by atoms with Crippen molar-refractivity contribution in [2.45, 2.75) is 0 Å². The Morgan fingerprint density at radius 1 is 0.393 bits per heavy atom. The van der Waals surface area contributed by atoms with E-state index in [4.69, 9.17) is 8.83 Å². The third kappa shape index (κ3) is 2.98. The van der Waals surface area contributed by atoms with Crippen molar-refractivity contribution in [2.75, 3.05) is 0 Å². The number of hydrogen-bond donors (Lipinski definition) is 0. The molecule has 0 aliphatic heterocycles. The Labute approximate surface area is 157 Å². The van der Waals surface area contributed by atoms with Crippen molar-refractivity contribution in [3.8, 4) is 46.3 Å². The molecule has 0 amide bonds. The summed E-state index contributed by atoms with van der Waals surface area (Å²) in [6.45, 7) is 0. The van der Waals surface area contributed by atoms with Crippen LogP contribution in [0.3, 0.4) is 0 Å². The van der Waals surface area contributed by atoms with Crippen molar-refractivity contribution >= 4 is 0 Å². The predicted molar refractivity (Wildman–Crippen MR) is 95.1 cm³/mol. The van der Waals surface area contributed by atoms with Gasteiger partial charge in [0.1, 0.15) is 0 Å². The van der Waals surface area contributed by atoms with Crippen molar-refractivity contribution in [3.05, 3.63) is 60.7 Å². The minimum Gasteiger partial charge on any atom is -0.413 e. The first kappa shape index (κ1) is 15.9. The van der Waals surface area contributed by atoms with Gasteiger partial charge in [0.15, 0.2) is 0 Å². The molecular formula is C18H10N8O2. The van der Waals surface area contributed by atoms with Crippen LogP contribution in [0.5, 0.6) is 0 Å². The fourth-order valence-electron chi connectivity index (χ4n) is 2.42. The molecule has 0 atom stereocenters. The lowest BCUT2D eigenvalue weighted by atomic mass is 10.2. The molecule has 0 fully saturated rings. The molecule has 134 valence electrons. The highest BCUT2D eigenvalue weighted by Gasteiger charge is 2.17. The summed E-state index contributed by atoms with van der Waals surface area (Å²) >= 11 is 0. The summed E-state index contributed by atoms with van der Waals surface area (Å²) in [4.78, 5) is 0. The molecular weight excluding hydrogens is 360 g/mol. The monoisotopic (exact) mass is 370 g/mol. The van der Waals surface area contributed by atoms with E-state index in [0.717, 1.165) is 11.1 Å². The maximum absolute atomic E-state index is 5.58. The molecule has 5 aromatic rings. The van der Waals surface area contributed by atoms with E-state index in [9.17, 15) is 0 Å². The normalized spacial score (nSPS) is 10.9. The molecule has 28 heavy (non-hydrogen) atoms. The first-order valence-electron chi connectivity index (χ1n) is 8.23. The van der Waals surface area contributed by atoms with Gasteiger partial charge in [-0.05, 0) is 24.3 Å². The average molecular weight is 370 g/mol. The van der Waals surface area contributed by atoms with E-state index in [1.807, 2.05) is 60.7 Å². The zero-order valence-corrected chi connectivity index (χ0v) is 14.2. The van der Waals surface area contributed by atoms with E-state index < -0.39 is 0 Å². The van der Waals surface area contributed by atoms with Crippen LogP contribution in [0.25, 0.3) is 46.3 Å². The van der Waals surface area contributed by atoms with Gasteiger partial charge in [-0.25, -0.2) is 0 Å². The Morgan fingerprint density at radius 3 is 1.14 bits per heavy atom. The quantitative estimate of drug-likeness (QED) is 0.465. The molecule has 0 bridgehead atoms. The SMILES string of the molecule is c1ccc(-c2nnc(-c3nnc(-c4nnc(-c5ccccc5)o4)nn3)o2)cc1. The van der Waals surface area contributed by atoms with Crippen molar-refractivity contribution in [2.24, 2.45) is 0 Å². The van der Waals surface area contributed by atoms with Crippen molar-refractivity contribution in [3.63, 3.8) is 0 Å². The number of aromatic nitrogens is 8. The minimum absolute atomic E-state index is 0.0984. The van der Waals surface area contributed by atoms with Gasteiger partial charge >= 0.3 is 0 Å². The molecule has 0 radical (unpaired) electrons. The number of rotatable bonds is 4. The largest absolute Gasteiger partial charge is 0.413 e. The molecule has 0 aliphatic carbocycles. The van der Waals surface area contributed by atoms with Gasteiger partial charge in [-0.3, -0.25) is 0 Å². The van der Waals surface area contributed by atoms with E-state index in [1.165, 1.54) is 0 Å². The Bertz CT molecular complexity index is 1110. The molecule has 0 spiro atoms. The van der Waals surface area contributed by atoms with Gasteiger partial charge in [-0.1, -0.05) is 36.4 Å². The van der Waals surface area contributed by atoms with Crippen molar-refractivity contribution in [1.29, 1.82) is 0 Å². The summed E-state index contributed by atoms with van der Waals surface area (Å²) in [5.74, 6) is 1.13. The highest BCUT2D eigenvalue weighted by molar-refractivity contribution is 5.55. The first-order valence-corrected chi connectivity index (χ1v) is 8.23. The van der Waals surface area contributed by atoms with Crippen LogP contribution in [0.4, 0.5) is 0 Å². The molecule has 10 heteroatoms. The fourth-order valence-corrected chi connectivity index (χ4v) is 2.42. The predicted octanol–water partition coefficient (Wildman–Crippen LogP) is 2.70.